The molecule has 20 heavy (non-hydrogen) atoms. The summed E-state index contributed by atoms with van der Waals surface area (Å²) < 4.78 is 0. The molecule has 0 amide bonds. The van der Waals surface area contributed by atoms with Gasteiger partial charge in [0.05, 0.1) is 5.69 Å². The summed E-state index contributed by atoms with van der Waals surface area (Å²) in [6.07, 6.45) is 0. The molecule has 0 spiro atoms. The van der Waals surface area contributed by atoms with E-state index in [1.807, 2.05) is 26.0 Å². The quantitative estimate of drug-likeness (QED) is 0.430. The molecule has 102 valence electrons. The summed E-state index contributed by atoms with van der Waals surface area (Å²) in [5.41, 5.74) is 9.61. The minimum absolute atomic E-state index is 0.0963. The lowest BCUT2D eigenvalue weighted by atomic mass is 10.1. The summed E-state index contributed by atoms with van der Waals surface area (Å²) in [5, 5.41) is 11.8. The smallest absolute Gasteiger partial charge is 0.192 e. The fourth-order valence-corrected chi connectivity index (χ4v) is 3.21. The van der Waals surface area contributed by atoms with Crippen LogP contribution in [-0.4, -0.2) is 15.9 Å². The first kappa shape index (κ1) is 12.7. The van der Waals surface area contributed by atoms with Crippen LogP contribution >= 0.6 is 11.3 Å². The Kier molecular flexibility index (Phi) is 2.94. The van der Waals surface area contributed by atoms with Gasteiger partial charge >= 0.3 is 0 Å². The van der Waals surface area contributed by atoms with Gasteiger partial charge in [0, 0.05) is 27.0 Å². The van der Waals surface area contributed by atoms with Crippen LogP contribution < -0.4 is 11.1 Å². The number of nitrogens with one attached hydrogen (secondary N) is 3. The maximum absolute atomic E-state index is 7.29. The minimum atomic E-state index is -0.0963. The van der Waals surface area contributed by atoms with E-state index >= 15 is 0 Å². The predicted molar refractivity (Wildman–Crippen MR) is 84.4 cm³/mol. The van der Waals surface area contributed by atoms with Gasteiger partial charge in [0.25, 0.3) is 0 Å². The Balaban J connectivity index is 2.18. The van der Waals surface area contributed by atoms with E-state index in [1.54, 1.807) is 0 Å². The van der Waals surface area contributed by atoms with Gasteiger partial charge in [-0.05, 0) is 19.9 Å². The van der Waals surface area contributed by atoms with Crippen LogP contribution in [0.1, 0.15) is 10.6 Å². The number of aromatic amines is 1. The van der Waals surface area contributed by atoms with Gasteiger partial charge in [-0.25, -0.2) is 4.98 Å². The average molecular weight is 285 g/mol. The number of para-hydroxylation sites is 1. The minimum Gasteiger partial charge on any atom is -0.370 e. The number of thiazole rings is 1. The van der Waals surface area contributed by atoms with Crippen LogP contribution in [-0.2, 0) is 0 Å². The molecule has 3 rings (SSSR count). The van der Waals surface area contributed by atoms with E-state index in [-0.39, 0.29) is 5.96 Å². The van der Waals surface area contributed by atoms with Gasteiger partial charge in [-0.15, -0.1) is 11.3 Å². The van der Waals surface area contributed by atoms with Crippen LogP contribution in [0.5, 0.6) is 0 Å². The number of guanidine groups is 1. The number of anilines is 1. The summed E-state index contributed by atoms with van der Waals surface area (Å²) >= 11 is 1.50. The number of nitrogens with zero attached hydrogens (tertiary/aromatic N) is 1. The molecule has 2 heterocycles. The van der Waals surface area contributed by atoms with Crippen molar-refractivity contribution < 1.29 is 0 Å². The second-order valence-electron chi connectivity index (χ2n) is 4.63. The van der Waals surface area contributed by atoms with Crippen molar-refractivity contribution in [1.29, 1.82) is 5.41 Å². The lowest BCUT2D eigenvalue weighted by Gasteiger charge is -1.99. The number of nitrogens with two attached hydrogens (primary N) is 1. The molecule has 0 aliphatic carbocycles. The molecular weight excluding hydrogens is 270 g/mol. The van der Waals surface area contributed by atoms with Crippen molar-refractivity contribution in [3.63, 3.8) is 0 Å². The zero-order valence-electron chi connectivity index (χ0n) is 11.2. The highest BCUT2D eigenvalue weighted by atomic mass is 32.1. The Bertz CT molecular complexity index is 799. The molecule has 0 radical (unpaired) electrons. The molecule has 0 fully saturated rings. The highest BCUT2D eigenvalue weighted by Gasteiger charge is 2.16. The molecule has 0 bridgehead atoms. The normalized spacial score (nSPS) is 10.9. The number of hydrogen-bond acceptors (Lipinski definition) is 3. The second kappa shape index (κ2) is 4.64. The van der Waals surface area contributed by atoms with Crippen molar-refractivity contribution in [2.45, 2.75) is 13.8 Å². The SMILES string of the molecule is Cc1[nH]c2ccccc2c1-c1nc(NC(=N)N)sc1C. The van der Waals surface area contributed by atoms with Crippen LogP contribution in [0.25, 0.3) is 22.2 Å². The molecule has 1 aromatic carbocycles. The largest absolute Gasteiger partial charge is 0.370 e. The first-order chi connectivity index (χ1) is 9.56. The molecule has 0 atom stereocenters. The summed E-state index contributed by atoms with van der Waals surface area (Å²) in [5.74, 6) is -0.0963. The summed E-state index contributed by atoms with van der Waals surface area (Å²) in [6.45, 7) is 4.08. The number of rotatable bonds is 2. The molecule has 0 aliphatic rings. The van der Waals surface area contributed by atoms with Crippen molar-refractivity contribution in [2.75, 3.05) is 5.32 Å². The molecule has 0 saturated heterocycles. The van der Waals surface area contributed by atoms with Crippen molar-refractivity contribution in [3.8, 4) is 11.3 Å². The van der Waals surface area contributed by atoms with E-state index in [1.165, 1.54) is 11.3 Å². The third kappa shape index (κ3) is 2.04. The van der Waals surface area contributed by atoms with Gasteiger partial charge in [0.15, 0.2) is 11.1 Å². The lowest BCUT2D eigenvalue weighted by Crippen LogP contribution is -2.20. The van der Waals surface area contributed by atoms with Gasteiger partial charge in [-0.1, -0.05) is 18.2 Å². The molecule has 5 nitrogen and oxygen atoms in total. The number of aryl methyl sites for hydroxylation is 2. The van der Waals surface area contributed by atoms with Crippen LogP contribution in [0, 0.1) is 19.3 Å². The van der Waals surface area contributed by atoms with E-state index in [9.17, 15) is 0 Å². The number of aromatic nitrogens is 2. The van der Waals surface area contributed by atoms with Crippen LogP contribution in [0.15, 0.2) is 24.3 Å². The maximum atomic E-state index is 7.29. The van der Waals surface area contributed by atoms with E-state index < -0.39 is 0 Å². The van der Waals surface area contributed by atoms with Crippen LogP contribution in [0.3, 0.4) is 0 Å². The van der Waals surface area contributed by atoms with Crippen LogP contribution in [0.4, 0.5) is 5.13 Å². The van der Waals surface area contributed by atoms with E-state index in [0.717, 1.165) is 32.7 Å². The van der Waals surface area contributed by atoms with Crippen molar-refractivity contribution in [3.05, 3.63) is 34.8 Å². The predicted octanol–water partition coefficient (Wildman–Crippen LogP) is 3.21. The van der Waals surface area contributed by atoms with Gasteiger partial charge < -0.3 is 16.0 Å². The van der Waals surface area contributed by atoms with Gasteiger partial charge in [0.1, 0.15) is 0 Å². The summed E-state index contributed by atoms with van der Waals surface area (Å²) in [6, 6.07) is 8.18. The van der Waals surface area contributed by atoms with Crippen molar-refractivity contribution >= 4 is 33.3 Å². The molecule has 2 aromatic heterocycles. The Morgan fingerprint density at radius 1 is 1.35 bits per heavy atom. The molecular formula is C14H15N5S. The number of fused-ring (bicyclic) bond motifs is 1. The first-order valence-electron chi connectivity index (χ1n) is 6.22. The van der Waals surface area contributed by atoms with Crippen molar-refractivity contribution in [1.82, 2.24) is 9.97 Å². The fourth-order valence-electron chi connectivity index (χ4n) is 2.38. The standard InChI is InChI=1S/C14H15N5S/c1-7-11(9-5-3-4-6-10(9)17-7)12-8(2)20-14(18-12)19-13(15)16/h3-6,17H,1-2H3,(H4,15,16,18,19). The highest BCUT2D eigenvalue weighted by Crippen LogP contribution is 2.36. The summed E-state index contributed by atoms with van der Waals surface area (Å²) in [7, 11) is 0. The topological polar surface area (TPSA) is 90.6 Å². The number of benzene rings is 1. The number of H-pyrrole nitrogens is 1. The Hall–Kier alpha value is -2.34. The Morgan fingerprint density at radius 3 is 2.85 bits per heavy atom. The molecule has 0 aliphatic heterocycles. The summed E-state index contributed by atoms with van der Waals surface area (Å²) in [4.78, 5) is 9.05. The fraction of sp³-hybridized carbons (Fsp3) is 0.143. The van der Waals surface area contributed by atoms with E-state index in [2.05, 4.69) is 27.4 Å². The van der Waals surface area contributed by atoms with E-state index in [4.69, 9.17) is 11.1 Å². The maximum Gasteiger partial charge on any atom is 0.192 e. The van der Waals surface area contributed by atoms with E-state index in [0.29, 0.717) is 5.13 Å². The Labute approximate surface area is 120 Å². The van der Waals surface area contributed by atoms with Crippen molar-refractivity contribution in [2.24, 2.45) is 5.73 Å². The zero-order valence-corrected chi connectivity index (χ0v) is 12.1. The van der Waals surface area contributed by atoms with Crippen LogP contribution in [0.2, 0.25) is 0 Å². The first-order valence-corrected chi connectivity index (χ1v) is 7.04. The zero-order chi connectivity index (χ0) is 14.3. The molecule has 0 saturated carbocycles. The average Bonchev–Trinajstić information content (AvgIpc) is 2.87. The van der Waals surface area contributed by atoms with Gasteiger partial charge in [-0.3, -0.25) is 5.41 Å². The molecule has 5 N–H and O–H groups in total. The highest BCUT2D eigenvalue weighted by molar-refractivity contribution is 7.16. The Morgan fingerprint density at radius 2 is 2.10 bits per heavy atom. The van der Waals surface area contributed by atoms with Gasteiger partial charge in [0.2, 0.25) is 0 Å². The monoisotopic (exact) mass is 285 g/mol. The molecule has 0 unspecified atom stereocenters. The molecule has 6 heteroatoms. The second-order valence-corrected chi connectivity index (χ2v) is 5.84. The molecule has 3 aromatic rings. The third-order valence-corrected chi connectivity index (χ3v) is 4.05. The van der Waals surface area contributed by atoms with Gasteiger partial charge in [-0.2, -0.15) is 0 Å². The lowest BCUT2D eigenvalue weighted by molar-refractivity contribution is 1.28. The number of hydrogen-bond donors (Lipinski definition) is 4. The third-order valence-electron chi connectivity index (χ3n) is 3.17.